The van der Waals surface area contributed by atoms with Gasteiger partial charge in [-0.3, -0.25) is 0 Å². The predicted octanol–water partition coefficient (Wildman–Crippen LogP) is 3.08. The van der Waals surface area contributed by atoms with Crippen molar-refractivity contribution in [1.29, 1.82) is 5.41 Å². The molecular formula is C10H15N. The van der Waals surface area contributed by atoms with E-state index in [1.54, 1.807) is 0 Å². The van der Waals surface area contributed by atoms with Crippen LogP contribution in [-0.2, 0) is 0 Å². The molecule has 0 saturated heterocycles. The molecule has 0 aromatic heterocycles. The van der Waals surface area contributed by atoms with Gasteiger partial charge < -0.3 is 5.41 Å². The highest BCUT2D eigenvalue weighted by molar-refractivity contribution is 5.78. The van der Waals surface area contributed by atoms with Gasteiger partial charge in [0.25, 0.3) is 0 Å². The molecule has 11 heavy (non-hydrogen) atoms. The third kappa shape index (κ3) is 2.04. The van der Waals surface area contributed by atoms with Crippen LogP contribution in [0.1, 0.15) is 32.6 Å². The summed E-state index contributed by atoms with van der Waals surface area (Å²) in [6.07, 6.45) is 10.5. The van der Waals surface area contributed by atoms with Gasteiger partial charge in [0.15, 0.2) is 0 Å². The zero-order chi connectivity index (χ0) is 8.10. The minimum atomic E-state index is 1.10. The van der Waals surface area contributed by atoms with Gasteiger partial charge in [0.1, 0.15) is 0 Å². The van der Waals surface area contributed by atoms with Crippen molar-refractivity contribution in [2.75, 3.05) is 0 Å². The Hall–Kier alpha value is -0.850. The Balaban J connectivity index is 2.81. The highest BCUT2D eigenvalue weighted by Gasteiger charge is 2.07. The van der Waals surface area contributed by atoms with Crippen LogP contribution in [0.5, 0.6) is 0 Å². The number of allylic oxidation sites excluding steroid dienone is 4. The second-order valence-electron chi connectivity index (χ2n) is 2.90. The van der Waals surface area contributed by atoms with Crippen molar-refractivity contribution in [3.05, 3.63) is 23.3 Å². The van der Waals surface area contributed by atoms with Crippen molar-refractivity contribution in [2.45, 2.75) is 32.6 Å². The van der Waals surface area contributed by atoms with E-state index in [-0.39, 0.29) is 0 Å². The van der Waals surface area contributed by atoms with Crippen LogP contribution in [0.15, 0.2) is 23.3 Å². The lowest BCUT2D eigenvalue weighted by atomic mass is 9.92. The number of nitrogens with one attached hydrogen (secondary N) is 1. The Morgan fingerprint density at radius 3 is 2.36 bits per heavy atom. The fraction of sp³-hybridized carbons (Fsp3) is 0.500. The fourth-order valence-electron chi connectivity index (χ4n) is 1.51. The fourth-order valence-corrected chi connectivity index (χ4v) is 1.51. The molecule has 0 heterocycles. The average Bonchev–Trinajstić information content (AvgIpc) is 2.06. The quantitative estimate of drug-likeness (QED) is 0.583. The van der Waals surface area contributed by atoms with E-state index in [1.165, 1.54) is 30.2 Å². The van der Waals surface area contributed by atoms with Gasteiger partial charge in [0.05, 0.1) is 0 Å². The van der Waals surface area contributed by atoms with Crippen LogP contribution < -0.4 is 0 Å². The van der Waals surface area contributed by atoms with Gasteiger partial charge >= 0.3 is 0 Å². The molecule has 1 rings (SSSR count). The monoisotopic (exact) mass is 149 g/mol. The second-order valence-corrected chi connectivity index (χ2v) is 2.90. The van der Waals surface area contributed by atoms with E-state index in [9.17, 15) is 0 Å². The van der Waals surface area contributed by atoms with Crippen LogP contribution in [0.3, 0.4) is 0 Å². The van der Waals surface area contributed by atoms with E-state index in [4.69, 9.17) is 5.41 Å². The second kappa shape index (κ2) is 4.12. The van der Waals surface area contributed by atoms with Crippen molar-refractivity contribution in [3.8, 4) is 0 Å². The summed E-state index contributed by atoms with van der Waals surface area (Å²) < 4.78 is 0. The SMILES string of the molecule is C/C=C\C1=C(C=N)CCCC1. The van der Waals surface area contributed by atoms with Crippen molar-refractivity contribution in [1.82, 2.24) is 0 Å². The Morgan fingerprint density at radius 2 is 1.82 bits per heavy atom. The molecular weight excluding hydrogens is 134 g/mol. The summed E-state index contributed by atoms with van der Waals surface area (Å²) in [5, 5.41) is 7.19. The Morgan fingerprint density at radius 1 is 1.18 bits per heavy atom. The Bertz CT molecular complexity index is 199. The van der Waals surface area contributed by atoms with E-state index in [0.29, 0.717) is 0 Å². The summed E-state index contributed by atoms with van der Waals surface area (Å²) in [6.45, 7) is 2.03. The minimum absolute atomic E-state index is 1.10. The van der Waals surface area contributed by atoms with Crippen molar-refractivity contribution < 1.29 is 0 Å². The lowest BCUT2D eigenvalue weighted by Gasteiger charge is -2.13. The third-order valence-electron chi connectivity index (χ3n) is 2.10. The molecule has 0 saturated carbocycles. The smallest absolute Gasteiger partial charge is 0.0212 e. The molecule has 0 spiro atoms. The van der Waals surface area contributed by atoms with Crippen molar-refractivity contribution >= 4 is 6.21 Å². The normalized spacial score (nSPS) is 19.4. The zero-order valence-corrected chi connectivity index (χ0v) is 7.06. The lowest BCUT2D eigenvalue weighted by molar-refractivity contribution is 0.700. The topological polar surface area (TPSA) is 23.9 Å². The van der Waals surface area contributed by atoms with Crippen molar-refractivity contribution in [3.63, 3.8) is 0 Å². The zero-order valence-electron chi connectivity index (χ0n) is 7.06. The summed E-state index contributed by atoms with van der Waals surface area (Å²) in [4.78, 5) is 0. The molecule has 0 aromatic rings. The summed E-state index contributed by atoms with van der Waals surface area (Å²) in [5.41, 5.74) is 2.60. The molecule has 0 atom stereocenters. The first-order valence-electron chi connectivity index (χ1n) is 4.23. The van der Waals surface area contributed by atoms with Gasteiger partial charge in [-0.05, 0) is 43.8 Å². The van der Waals surface area contributed by atoms with Gasteiger partial charge in [-0.25, -0.2) is 0 Å². The first-order valence-corrected chi connectivity index (χ1v) is 4.23. The summed E-state index contributed by atoms with van der Waals surface area (Å²) in [7, 11) is 0. The molecule has 0 aromatic carbocycles. The lowest BCUT2D eigenvalue weighted by Crippen LogP contribution is -1.98. The van der Waals surface area contributed by atoms with E-state index in [0.717, 1.165) is 12.8 Å². The molecule has 1 nitrogen and oxygen atoms in total. The summed E-state index contributed by atoms with van der Waals surface area (Å²) >= 11 is 0. The molecule has 1 N–H and O–H groups in total. The molecule has 1 heteroatoms. The molecule has 0 amide bonds. The Kier molecular flexibility index (Phi) is 3.09. The van der Waals surface area contributed by atoms with E-state index >= 15 is 0 Å². The maximum absolute atomic E-state index is 7.19. The van der Waals surface area contributed by atoms with Gasteiger partial charge in [-0.15, -0.1) is 0 Å². The van der Waals surface area contributed by atoms with Crippen LogP contribution in [0.25, 0.3) is 0 Å². The largest absolute Gasteiger partial charge is 0.308 e. The molecule has 0 bridgehead atoms. The van der Waals surface area contributed by atoms with E-state index in [1.807, 2.05) is 6.92 Å². The van der Waals surface area contributed by atoms with Gasteiger partial charge in [0.2, 0.25) is 0 Å². The summed E-state index contributed by atoms with van der Waals surface area (Å²) in [6, 6.07) is 0. The van der Waals surface area contributed by atoms with Gasteiger partial charge in [-0.2, -0.15) is 0 Å². The first kappa shape index (κ1) is 8.25. The Labute approximate surface area is 68.3 Å². The predicted molar refractivity (Wildman–Crippen MR) is 49.1 cm³/mol. The molecule has 0 radical (unpaired) electrons. The van der Waals surface area contributed by atoms with Gasteiger partial charge in [0, 0.05) is 6.21 Å². The number of hydrogen-bond acceptors (Lipinski definition) is 1. The molecule has 0 unspecified atom stereocenters. The van der Waals surface area contributed by atoms with Gasteiger partial charge in [-0.1, -0.05) is 12.2 Å². The van der Waals surface area contributed by atoms with Crippen LogP contribution >= 0.6 is 0 Å². The molecule has 1 aliphatic rings. The highest BCUT2D eigenvalue weighted by atomic mass is 14.3. The molecule has 1 aliphatic carbocycles. The number of rotatable bonds is 2. The molecule has 0 aliphatic heterocycles. The standard InChI is InChI=1S/C10H15N/c1-2-5-9-6-3-4-7-10(9)8-11/h2,5,8,11H,3-4,6-7H2,1H3/b5-2-,11-8?. The van der Waals surface area contributed by atoms with Crippen LogP contribution in [0.4, 0.5) is 0 Å². The molecule has 60 valence electrons. The maximum Gasteiger partial charge on any atom is 0.0212 e. The molecule has 0 fully saturated rings. The highest BCUT2D eigenvalue weighted by Crippen LogP contribution is 2.23. The number of hydrogen-bond donors (Lipinski definition) is 1. The maximum atomic E-state index is 7.19. The van der Waals surface area contributed by atoms with Crippen LogP contribution in [0.2, 0.25) is 0 Å². The van der Waals surface area contributed by atoms with Crippen molar-refractivity contribution in [2.24, 2.45) is 0 Å². The van der Waals surface area contributed by atoms with Crippen LogP contribution in [0, 0.1) is 5.41 Å². The minimum Gasteiger partial charge on any atom is -0.308 e. The van der Waals surface area contributed by atoms with Crippen LogP contribution in [-0.4, -0.2) is 6.21 Å². The van der Waals surface area contributed by atoms with E-state index < -0.39 is 0 Å². The van der Waals surface area contributed by atoms with E-state index in [2.05, 4.69) is 12.2 Å². The average molecular weight is 149 g/mol. The third-order valence-corrected chi connectivity index (χ3v) is 2.10. The first-order chi connectivity index (χ1) is 5.38. The summed E-state index contributed by atoms with van der Waals surface area (Å²) in [5.74, 6) is 0.